The Hall–Kier alpha value is -0.610. The second-order valence-electron chi connectivity index (χ2n) is 3.02. The predicted molar refractivity (Wildman–Crippen MR) is 50.2 cm³/mol. The summed E-state index contributed by atoms with van der Waals surface area (Å²) < 4.78 is 4.75. The van der Waals surface area contributed by atoms with Crippen molar-refractivity contribution >= 4 is 6.41 Å². The summed E-state index contributed by atoms with van der Waals surface area (Å²) in [6.07, 6.45) is 2.89. The summed E-state index contributed by atoms with van der Waals surface area (Å²) in [7, 11) is 0. The normalized spacial score (nSPS) is 12.5. The Morgan fingerprint density at radius 1 is 1.62 bits per heavy atom. The van der Waals surface area contributed by atoms with Crippen LogP contribution in [0.1, 0.15) is 26.7 Å². The van der Waals surface area contributed by atoms with Crippen molar-refractivity contribution in [3.63, 3.8) is 0 Å². The molecule has 4 heteroatoms. The van der Waals surface area contributed by atoms with Crippen molar-refractivity contribution in [1.29, 1.82) is 0 Å². The van der Waals surface area contributed by atoms with Gasteiger partial charge in [0.2, 0.25) is 6.41 Å². The van der Waals surface area contributed by atoms with E-state index >= 15 is 0 Å². The predicted octanol–water partition coefficient (Wildman–Crippen LogP) is 0.600. The zero-order valence-corrected chi connectivity index (χ0v) is 8.40. The first-order chi connectivity index (χ1) is 6.26. The van der Waals surface area contributed by atoms with Crippen LogP contribution in [-0.4, -0.2) is 42.4 Å². The number of ether oxygens (including phenoxy) is 1. The molecule has 4 nitrogen and oxygen atoms in total. The quantitative estimate of drug-likeness (QED) is 0.345. The van der Waals surface area contributed by atoms with E-state index in [9.17, 15) is 4.79 Å². The van der Waals surface area contributed by atoms with Crippen LogP contribution in [0.3, 0.4) is 0 Å². The van der Waals surface area contributed by atoms with Gasteiger partial charge in [-0.15, -0.1) is 0 Å². The average molecular weight is 189 g/mol. The van der Waals surface area contributed by atoms with Gasteiger partial charge in [0.25, 0.3) is 0 Å². The number of aliphatic hydroxyl groups is 1. The molecule has 0 bridgehead atoms. The molecule has 0 aromatic rings. The van der Waals surface area contributed by atoms with E-state index in [2.05, 4.69) is 6.92 Å². The van der Waals surface area contributed by atoms with Gasteiger partial charge >= 0.3 is 0 Å². The topological polar surface area (TPSA) is 49.8 Å². The van der Waals surface area contributed by atoms with Gasteiger partial charge in [0.1, 0.15) is 6.79 Å². The first kappa shape index (κ1) is 12.4. The van der Waals surface area contributed by atoms with Crippen molar-refractivity contribution in [2.45, 2.75) is 32.7 Å². The van der Waals surface area contributed by atoms with Crippen LogP contribution in [0.4, 0.5) is 0 Å². The lowest BCUT2D eigenvalue weighted by molar-refractivity contribution is -0.121. The smallest absolute Gasteiger partial charge is 0.210 e. The first-order valence-electron chi connectivity index (χ1n) is 4.65. The molecule has 78 valence electrons. The first-order valence-corrected chi connectivity index (χ1v) is 4.65. The van der Waals surface area contributed by atoms with Gasteiger partial charge in [-0.3, -0.25) is 4.79 Å². The summed E-state index contributed by atoms with van der Waals surface area (Å²) in [5.41, 5.74) is 0. The van der Waals surface area contributed by atoms with Crippen molar-refractivity contribution in [3.05, 3.63) is 0 Å². The van der Waals surface area contributed by atoms with Gasteiger partial charge < -0.3 is 14.7 Å². The standard InChI is InChI=1S/C9H19NO3/c1-3-4-9(2)10(7-11)5-6-13-8-12/h7,9,12H,3-6,8H2,1-2H3. The van der Waals surface area contributed by atoms with E-state index in [1.54, 1.807) is 4.90 Å². The number of carbonyl (C=O) groups excluding carboxylic acids is 1. The van der Waals surface area contributed by atoms with Crippen molar-refractivity contribution < 1.29 is 14.6 Å². The highest BCUT2D eigenvalue weighted by atomic mass is 16.6. The van der Waals surface area contributed by atoms with E-state index in [0.717, 1.165) is 19.3 Å². The van der Waals surface area contributed by atoms with E-state index in [1.807, 2.05) is 6.92 Å². The summed E-state index contributed by atoms with van der Waals surface area (Å²) >= 11 is 0. The van der Waals surface area contributed by atoms with Gasteiger partial charge in [-0.05, 0) is 13.3 Å². The lowest BCUT2D eigenvalue weighted by Gasteiger charge is -2.24. The van der Waals surface area contributed by atoms with Gasteiger partial charge in [0.15, 0.2) is 0 Å². The average Bonchev–Trinajstić information content (AvgIpc) is 2.13. The highest BCUT2D eigenvalue weighted by molar-refractivity contribution is 5.47. The van der Waals surface area contributed by atoms with Crippen LogP contribution in [0.5, 0.6) is 0 Å². The highest BCUT2D eigenvalue weighted by Gasteiger charge is 2.09. The molecule has 0 aliphatic heterocycles. The summed E-state index contributed by atoms with van der Waals surface area (Å²) in [4.78, 5) is 12.3. The third-order valence-corrected chi connectivity index (χ3v) is 1.99. The molecule has 1 amide bonds. The highest BCUT2D eigenvalue weighted by Crippen LogP contribution is 2.03. The number of hydrogen-bond donors (Lipinski definition) is 1. The molecule has 1 unspecified atom stereocenters. The number of hydrogen-bond acceptors (Lipinski definition) is 3. The third kappa shape index (κ3) is 5.60. The molecule has 0 saturated heterocycles. The van der Waals surface area contributed by atoms with Gasteiger partial charge in [-0.2, -0.15) is 0 Å². The van der Waals surface area contributed by atoms with E-state index < -0.39 is 0 Å². The maximum Gasteiger partial charge on any atom is 0.210 e. The minimum atomic E-state index is -0.283. The van der Waals surface area contributed by atoms with Crippen LogP contribution in [-0.2, 0) is 9.53 Å². The summed E-state index contributed by atoms with van der Waals surface area (Å²) in [6.45, 7) is 4.75. The molecule has 0 aliphatic rings. The Morgan fingerprint density at radius 2 is 2.31 bits per heavy atom. The van der Waals surface area contributed by atoms with Crippen LogP contribution in [0.15, 0.2) is 0 Å². The summed E-state index contributed by atoms with van der Waals surface area (Å²) in [5.74, 6) is 0. The Balaban J connectivity index is 3.66. The summed E-state index contributed by atoms with van der Waals surface area (Å²) in [6, 6.07) is 0.254. The zero-order chi connectivity index (χ0) is 10.1. The molecular weight excluding hydrogens is 170 g/mol. The van der Waals surface area contributed by atoms with E-state index in [1.165, 1.54) is 0 Å². The minimum Gasteiger partial charge on any atom is -0.371 e. The fourth-order valence-electron chi connectivity index (χ4n) is 1.20. The molecule has 0 rings (SSSR count). The van der Waals surface area contributed by atoms with Gasteiger partial charge in [-0.25, -0.2) is 0 Å². The Labute approximate surface area is 79.5 Å². The second-order valence-corrected chi connectivity index (χ2v) is 3.02. The molecule has 0 saturated carbocycles. The van der Waals surface area contributed by atoms with Crippen LogP contribution in [0.2, 0.25) is 0 Å². The Bertz CT molecular complexity index is 130. The van der Waals surface area contributed by atoms with E-state index in [-0.39, 0.29) is 12.8 Å². The van der Waals surface area contributed by atoms with Crippen LogP contribution >= 0.6 is 0 Å². The molecule has 0 aromatic heterocycles. The van der Waals surface area contributed by atoms with Gasteiger partial charge in [0.05, 0.1) is 6.61 Å². The van der Waals surface area contributed by atoms with E-state index in [4.69, 9.17) is 9.84 Å². The molecule has 0 aromatic carbocycles. The number of aliphatic hydroxyl groups excluding tert-OH is 1. The summed E-state index contributed by atoms with van der Waals surface area (Å²) in [5, 5.41) is 8.36. The molecule has 1 N–H and O–H groups in total. The fraction of sp³-hybridized carbons (Fsp3) is 0.889. The Kier molecular flexibility index (Phi) is 7.63. The number of rotatable bonds is 8. The second kappa shape index (κ2) is 8.01. The van der Waals surface area contributed by atoms with Gasteiger partial charge in [-0.1, -0.05) is 13.3 Å². The monoisotopic (exact) mass is 189 g/mol. The maximum atomic E-state index is 10.6. The third-order valence-electron chi connectivity index (χ3n) is 1.99. The lowest BCUT2D eigenvalue weighted by Crippen LogP contribution is -2.34. The van der Waals surface area contributed by atoms with Crippen molar-refractivity contribution in [1.82, 2.24) is 4.90 Å². The fourth-order valence-corrected chi connectivity index (χ4v) is 1.20. The molecule has 1 atom stereocenters. The van der Waals surface area contributed by atoms with Crippen LogP contribution < -0.4 is 0 Å². The van der Waals surface area contributed by atoms with Crippen molar-refractivity contribution in [2.24, 2.45) is 0 Å². The molecule has 0 heterocycles. The molecular formula is C9H19NO3. The van der Waals surface area contributed by atoms with Crippen LogP contribution in [0, 0.1) is 0 Å². The van der Waals surface area contributed by atoms with Crippen LogP contribution in [0.25, 0.3) is 0 Å². The lowest BCUT2D eigenvalue weighted by atomic mass is 10.2. The number of carbonyl (C=O) groups is 1. The minimum absolute atomic E-state index is 0.254. The molecule has 0 fully saturated rings. The number of amides is 1. The SMILES string of the molecule is CCCC(C)N(C=O)CCOCO. The zero-order valence-electron chi connectivity index (χ0n) is 8.40. The van der Waals surface area contributed by atoms with E-state index in [0.29, 0.717) is 13.2 Å². The molecule has 13 heavy (non-hydrogen) atoms. The van der Waals surface area contributed by atoms with Gasteiger partial charge in [0, 0.05) is 12.6 Å². The molecule has 0 spiro atoms. The maximum absolute atomic E-state index is 10.6. The van der Waals surface area contributed by atoms with Crippen molar-refractivity contribution in [2.75, 3.05) is 19.9 Å². The molecule has 0 radical (unpaired) electrons. The Morgan fingerprint density at radius 3 is 2.77 bits per heavy atom. The number of nitrogens with zero attached hydrogens (tertiary/aromatic N) is 1. The van der Waals surface area contributed by atoms with Crippen molar-refractivity contribution in [3.8, 4) is 0 Å². The largest absolute Gasteiger partial charge is 0.371 e. The molecule has 0 aliphatic carbocycles.